The molecule has 9 heteroatoms. The number of carbonyl (C=O) groups excluding carboxylic acids is 2. The Labute approximate surface area is 210 Å². The third kappa shape index (κ3) is 3.93. The number of fused-ring (bicyclic) bond motifs is 1. The summed E-state index contributed by atoms with van der Waals surface area (Å²) in [5.41, 5.74) is 3.10. The van der Waals surface area contributed by atoms with Gasteiger partial charge in [-0.2, -0.15) is 0 Å². The van der Waals surface area contributed by atoms with Crippen molar-refractivity contribution in [1.82, 2.24) is 4.98 Å². The van der Waals surface area contributed by atoms with Crippen LogP contribution in [0.1, 0.15) is 35.2 Å². The van der Waals surface area contributed by atoms with Gasteiger partial charge in [0, 0.05) is 17.7 Å². The SMILES string of the molecule is CCc1ccc2nc(N3C(=O)C(=O)C(=C(O)c4ccc(C)cc4)C3c3cccc([N+](=O)[O-])c3)sc2c1. The third-order valence-electron chi connectivity index (χ3n) is 6.22. The highest BCUT2D eigenvalue weighted by Gasteiger charge is 2.48. The predicted molar refractivity (Wildman–Crippen MR) is 138 cm³/mol. The molecule has 0 aliphatic carbocycles. The number of aliphatic hydroxyl groups is 1. The van der Waals surface area contributed by atoms with Crippen molar-refractivity contribution in [3.8, 4) is 0 Å². The summed E-state index contributed by atoms with van der Waals surface area (Å²) < 4.78 is 0.850. The van der Waals surface area contributed by atoms with E-state index in [4.69, 9.17) is 0 Å². The lowest BCUT2D eigenvalue weighted by molar-refractivity contribution is -0.384. The zero-order chi connectivity index (χ0) is 25.6. The molecule has 1 aliphatic rings. The van der Waals surface area contributed by atoms with Crippen LogP contribution >= 0.6 is 11.3 Å². The molecule has 1 aromatic heterocycles. The summed E-state index contributed by atoms with van der Waals surface area (Å²) in [5.74, 6) is -2.07. The Morgan fingerprint density at radius 1 is 1.11 bits per heavy atom. The van der Waals surface area contributed by atoms with Crippen LogP contribution < -0.4 is 4.90 Å². The van der Waals surface area contributed by atoms with Crippen LogP contribution in [0.4, 0.5) is 10.8 Å². The van der Waals surface area contributed by atoms with Crippen molar-refractivity contribution < 1.29 is 19.6 Å². The quantitative estimate of drug-likeness (QED) is 0.124. The van der Waals surface area contributed by atoms with Gasteiger partial charge < -0.3 is 5.11 Å². The van der Waals surface area contributed by atoms with Crippen molar-refractivity contribution >= 4 is 49.8 Å². The average Bonchev–Trinajstić information content (AvgIpc) is 3.41. The molecule has 0 saturated carbocycles. The van der Waals surface area contributed by atoms with Crippen LogP contribution in [0, 0.1) is 17.0 Å². The van der Waals surface area contributed by atoms with Crippen LogP contribution in [0.15, 0.2) is 72.3 Å². The van der Waals surface area contributed by atoms with Crippen LogP contribution in [0.5, 0.6) is 0 Å². The summed E-state index contributed by atoms with van der Waals surface area (Å²) >= 11 is 1.25. The maximum atomic E-state index is 13.4. The number of nitro benzene ring substituents is 1. The van der Waals surface area contributed by atoms with E-state index in [1.807, 2.05) is 32.0 Å². The van der Waals surface area contributed by atoms with Gasteiger partial charge in [-0.3, -0.25) is 24.6 Å². The van der Waals surface area contributed by atoms with E-state index in [0.717, 1.165) is 22.2 Å². The molecule has 0 radical (unpaired) electrons. The van der Waals surface area contributed by atoms with Crippen LogP contribution in [-0.2, 0) is 16.0 Å². The van der Waals surface area contributed by atoms with E-state index in [1.54, 1.807) is 30.3 Å². The number of thiazole rings is 1. The molecule has 1 aliphatic heterocycles. The lowest BCUT2D eigenvalue weighted by atomic mass is 9.95. The monoisotopic (exact) mass is 499 g/mol. The molecular weight excluding hydrogens is 478 g/mol. The smallest absolute Gasteiger partial charge is 0.301 e. The van der Waals surface area contributed by atoms with Gasteiger partial charge in [-0.1, -0.05) is 66.3 Å². The summed E-state index contributed by atoms with van der Waals surface area (Å²) in [6, 6.07) is 17.3. The number of anilines is 1. The molecule has 0 bridgehead atoms. The predicted octanol–water partition coefficient (Wildman–Crippen LogP) is 5.70. The van der Waals surface area contributed by atoms with E-state index >= 15 is 0 Å². The van der Waals surface area contributed by atoms with Crippen molar-refractivity contribution in [3.63, 3.8) is 0 Å². The fraction of sp³-hybridized carbons (Fsp3) is 0.148. The highest BCUT2D eigenvalue weighted by molar-refractivity contribution is 7.22. The second kappa shape index (κ2) is 9.01. The summed E-state index contributed by atoms with van der Waals surface area (Å²) in [7, 11) is 0. The van der Waals surface area contributed by atoms with Crippen LogP contribution in [0.25, 0.3) is 16.0 Å². The first kappa shape index (κ1) is 23.4. The lowest BCUT2D eigenvalue weighted by Gasteiger charge is -2.22. The second-order valence-electron chi connectivity index (χ2n) is 8.54. The molecule has 0 spiro atoms. The number of ketones is 1. The minimum atomic E-state index is -1.09. The van der Waals surface area contributed by atoms with Crippen molar-refractivity contribution in [2.24, 2.45) is 0 Å². The number of carbonyl (C=O) groups is 2. The fourth-order valence-electron chi connectivity index (χ4n) is 4.30. The van der Waals surface area contributed by atoms with E-state index in [9.17, 15) is 24.8 Å². The summed E-state index contributed by atoms with van der Waals surface area (Å²) in [6.07, 6.45) is 0.831. The number of nitro groups is 1. The first-order chi connectivity index (χ1) is 17.3. The normalized spacial score (nSPS) is 17.2. The van der Waals surface area contributed by atoms with E-state index < -0.39 is 22.7 Å². The van der Waals surface area contributed by atoms with E-state index in [2.05, 4.69) is 4.98 Å². The Kier molecular flexibility index (Phi) is 5.85. The number of non-ortho nitro benzene ring substituents is 1. The molecule has 36 heavy (non-hydrogen) atoms. The van der Waals surface area contributed by atoms with Gasteiger partial charge in [0.1, 0.15) is 5.76 Å². The summed E-state index contributed by atoms with van der Waals surface area (Å²) in [4.78, 5) is 43.5. The van der Waals surface area contributed by atoms with Gasteiger partial charge in [-0.15, -0.1) is 0 Å². The highest BCUT2D eigenvalue weighted by Crippen LogP contribution is 2.44. The second-order valence-corrected chi connectivity index (χ2v) is 9.55. The molecule has 1 atom stereocenters. The molecule has 1 N–H and O–H groups in total. The van der Waals surface area contributed by atoms with Crippen LogP contribution in [0.3, 0.4) is 0 Å². The number of Topliss-reactive ketones (excluding diaryl/α,β-unsaturated/α-hetero) is 1. The van der Waals surface area contributed by atoms with Gasteiger partial charge in [0.2, 0.25) is 0 Å². The van der Waals surface area contributed by atoms with Gasteiger partial charge in [0.25, 0.3) is 11.5 Å². The van der Waals surface area contributed by atoms with Crippen molar-refractivity contribution in [2.45, 2.75) is 26.3 Å². The molecule has 2 heterocycles. The van der Waals surface area contributed by atoms with E-state index in [0.29, 0.717) is 16.6 Å². The molecule has 3 aromatic carbocycles. The standard InChI is InChI=1S/C27H21N3O5S/c1-3-16-9-12-20-21(13-16)36-27(28-20)29-23(18-5-4-6-19(14-18)30(34)35)22(25(32)26(29)33)24(31)17-10-7-15(2)8-11-17/h4-14,23,31H,3H2,1-2H3. The van der Waals surface area contributed by atoms with Gasteiger partial charge in [-0.05, 0) is 36.6 Å². The van der Waals surface area contributed by atoms with Crippen molar-refractivity contribution in [3.05, 3.63) is 105 Å². The number of amides is 1. The fourth-order valence-corrected chi connectivity index (χ4v) is 5.36. The number of hydrogen-bond acceptors (Lipinski definition) is 7. The van der Waals surface area contributed by atoms with Gasteiger partial charge >= 0.3 is 5.91 Å². The Morgan fingerprint density at radius 3 is 2.56 bits per heavy atom. The molecule has 5 rings (SSSR count). The van der Waals surface area contributed by atoms with Crippen LogP contribution in [-0.4, -0.2) is 26.7 Å². The topological polar surface area (TPSA) is 114 Å². The number of aromatic nitrogens is 1. The van der Waals surface area contributed by atoms with Gasteiger partial charge in [0.05, 0.1) is 26.8 Å². The number of hydrogen-bond donors (Lipinski definition) is 1. The zero-order valence-corrected chi connectivity index (χ0v) is 20.3. The number of aryl methyl sites for hydroxylation is 2. The third-order valence-corrected chi connectivity index (χ3v) is 7.24. The molecule has 180 valence electrons. The minimum absolute atomic E-state index is 0.141. The van der Waals surface area contributed by atoms with Crippen LogP contribution in [0.2, 0.25) is 0 Å². The Morgan fingerprint density at radius 2 is 1.86 bits per heavy atom. The number of rotatable bonds is 5. The number of nitrogens with zero attached hydrogens (tertiary/aromatic N) is 3. The molecule has 8 nitrogen and oxygen atoms in total. The highest BCUT2D eigenvalue weighted by atomic mass is 32.1. The Balaban J connectivity index is 1.74. The Bertz CT molecular complexity index is 1570. The maximum Gasteiger partial charge on any atom is 0.301 e. The molecule has 4 aromatic rings. The van der Waals surface area contributed by atoms with Gasteiger partial charge in [0.15, 0.2) is 5.13 Å². The molecular formula is C27H21N3O5S. The zero-order valence-electron chi connectivity index (χ0n) is 19.5. The first-order valence-corrected chi connectivity index (χ1v) is 12.1. The molecule has 1 fully saturated rings. The van der Waals surface area contributed by atoms with E-state index in [1.165, 1.54) is 34.4 Å². The largest absolute Gasteiger partial charge is 0.507 e. The lowest BCUT2D eigenvalue weighted by Crippen LogP contribution is -2.29. The average molecular weight is 500 g/mol. The summed E-state index contributed by atoms with van der Waals surface area (Å²) in [5, 5.41) is 23.0. The van der Waals surface area contributed by atoms with Crippen molar-refractivity contribution in [1.29, 1.82) is 0 Å². The van der Waals surface area contributed by atoms with Crippen molar-refractivity contribution in [2.75, 3.05) is 4.90 Å². The maximum absolute atomic E-state index is 13.4. The minimum Gasteiger partial charge on any atom is -0.507 e. The Hall–Kier alpha value is -4.37. The van der Waals surface area contributed by atoms with Gasteiger partial charge in [-0.25, -0.2) is 4.98 Å². The summed E-state index contributed by atoms with van der Waals surface area (Å²) in [6.45, 7) is 3.93. The molecule has 1 unspecified atom stereocenters. The molecule has 1 amide bonds. The molecule has 1 saturated heterocycles. The number of benzene rings is 3. The van der Waals surface area contributed by atoms with E-state index in [-0.39, 0.29) is 22.2 Å². The first-order valence-electron chi connectivity index (χ1n) is 11.3. The number of aliphatic hydroxyl groups excluding tert-OH is 1.